The quantitative estimate of drug-likeness (QED) is 0.856. The summed E-state index contributed by atoms with van der Waals surface area (Å²) in [5.41, 5.74) is 7.65. The molecule has 0 radical (unpaired) electrons. The Bertz CT molecular complexity index is 624. The molecule has 5 nitrogen and oxygen atoms in total. The van der Waals surface area contributed by atoms with Gasteiger partial charge < -0.3 is 15.6 Å². The lowest BCUT2D eigenvalue weighted by molar-refractivity contribution is -0.119. The molecule has 25 heavy (non-hydrogen) atoms. The van der Waals surface area contributed by atoms with Crippen molar-refractivity contribution in [3.05, 3.63) is 29.3 Å². The van der Waals surface area contributed by atoms with E-state index in [1.54, 1.807) is 0 Å². The molecule has 5 heteroatoms. The maximum absolute atomic E-state index is 11.1. The fraction of sp³-hybridized carbons (Fsp3) is 0.650. The first kappa shape index (κ1) is 18.2. The van der Waals surface area contributed by atoms with Gasteiger partial charge in [0.25, 0.3) is 5.91 Å². The first-order valence-corrected chi connectivity index (χ1v) is 9.17. The van der Waals surface area contributed by atoms with Gasteiger partial charge in [0.05, 0.1) is 6.10 Å². The predicted octanol–water partition coefficient (Wildman–Crippen LogP) is 2.05. The largest absolute Gasteiger partial charge is 0.483 e. The number of likely N-dealkylation sites (tertiary alicyclic amines) is 1. The zero-order chi connectivity index (χ0) is 18.2. The van der Waals surface area contributed by atoms with E-state index in [0.717, 1.165) is 43.8 Å². The number of primary amides is 1. The fourth-order valence-electron chi connectivity index (χ4n) is 4.19. The Morgan fingerprint density at radius 2 is 1.92 bits per heavy atom. The van der Waals surface area contributed by atoms with Crippen molar-refractivity contribution in [2.45, 2.75) is 51.7 Å². The molecule has 1 aromatic rings. The molecule has 0 spiro atoms. The van der Waals surface area contributed by atoms with Gasteiger partial charge >= 0.3 is 0 Å². The Hall–Kier alpha value is -1.59. The summed E-state index contributed by atoms with van der Waals surface area (Å²) in [6.07, 6.45) is 1.73. The van der Waals surface area contributed by atoms with Crippen molar-refractivity contribution >= 4 is 5.91 Å². The van der Waals surface area contributed by atoms with Gasteiger partial charge in [0.1, 0.15) is 5.75 Å². The summed E-state index contributed by atoms with van der Waals surface area (Å²) < 4.78 is 5.65. The Balaban J connectivity index is 1.76. The summed E-state index contributed by atoms with van der Waals surface area (Å²) in [5, 5.41) is 9.82. The second-order valence-corrected chi connectivity index (χ2v) is 8.67. The predicted molar refractivity (Wildman–Crippen MR) is 97.3 cm³/mol. The minimum atomic E-state index is -0.462. The van der Waals surface area contributed by atoms with Gasteiger partial charge in [-0.1, -0.05) is 32.9 Å². The number of carbonyl (C=O) groups is 1. The minimum absolute atomic E-state index is 0.0581. The maximum atomic E-state index is 11.1. The number of hydrogen-bond donors (Lipinski definition) is 2. The highest BCUT2D eigenvalue weighted by atomic mass is 16.5. The van der Waals surface area contributed by atoms with Gasteiger partial charge in [-0.2, -0.15) is 0 Å². The molecule has 3 N–H and O–H groups in total. The van der Waals surface area contributed by atoms with Crippen molar-refractivity contribution in [2.75, 3.05) is 19.7 Å². The van der Waals surface area contributed by atoms with E-state index in [-0.39, 0.29) is 18.1 Å². The van der Waals surface area contributed by atoms with Gasteiger partial charge in [0.15, 0.2) is 6.61 Å². The number of aliphatic hydroxyl groups is 1. The van der Waals surface area contributed by atoms with Gasteiger partial charge in [0, 0.05) is 25.2 Å². The molecule has 1 aromatic carbocycles. The van der Waals surface area contributed by atoms with Crippen LogP contribution < -0.4 is 10.5 Å². The monoisotopic (exact) mass is 346 g/mol. The van der Waals surface area contributed by atoms with Crippen LogP contribution in [0.5, 0.6) is 5.75 Å². The lowest BCUT2D eigenvalue weighted by atomic mass is 9.86. The lowest BCUT2D eigenvalue weighted by Crippen LogP contribution is -2.24. The molecule has 3 rings (SSSR count). The van der Waals surface area contributed by atoms with Crippen molar-refractivity contribution in [3.63, 3.8) is 0 Å². The maximum Gasteiger partial charge on any atom is 0.255 e. The van der Waals surface area contributed by atoms with E-state index in [2.05, 4.69) is 37.8 Å². The van der Waals surface area contributed by atoms with Crippen molar-refractivity contribution < 1.29 is 14.6 Å². The highest BCUT2D eigenvalue weighted by Crippen LogP contribution is 2.39. The average molecular weight is 346 g/mol. The van der Waals surface area contributed by atoms with Crippen LogP contribution in [0.25, 0.3) is 0 Å². The fourth-order valence-corrected chi connectivity index (χ4v) is 4.19. The highest BCUT2D eigenvalue weighted by Gasteiger charge is 2.40. The normalized spacial score (nSPS) is 26.6. The number of amides is 1. The van der Waals surface area contributed by atoms with Crippen molar-refractivity contribution in [3.8, 4) is 5.75 Å². The van der Waals surface area contributed by atoms with Crippen LogP contribution in [0.2, 0.25) is 0 Å². The Labute approximate surface area is 150 Å². The summed E-state index contributed by atoms with van der Waals surface area (Å²) in [5.74, 6) is 1.49. The first-order chi connectivity index (χ1) is 11.7. The minimum Gasteiger partial charge on any atom is -0.483 e. The van der Waals surface area contributed by atoms with Crippen molar-refractivity contribution in [1.82, 2.24) is 4.90 Å². The van der Waals surface area contributed by atoms with E-state index in [1.807, 2.05) is 6.07 Å². The van der Waals surface area contributed by atoms with Gasteiger partial charge in [-0.3, -0.25) is 9.69 Å². The summed E-state index contributed by atoms with van der Waals surface area (Å²) >= 11 is 0. The second kappa shape index (κ2) is 6.96. The van der Waals surface area contributed by atoms with Crippen LogP contribution in [0.15, 0.2) is 18.2 Å². The van der Waals surface area contributed by atoms with E-state index in [0.29, 0.717) is 11.8 Å². The van der Waals surface area contributed by atoms with Gasteiger partial charge in [-0.05, 0) is 41.7 Å². The molecule has 138 valence electrons. The van der Waals surface area contributed by atoms with E-state index >= 15 is 0 Å². The molecule has 0 bridgehead atoms. The number of nitrogens with two attached hydrogens (primary N) is 1. The SMILES string of the molecule is CC(C)(C)c1ccc(OCC(N)=O)c(CN2C[C@H]3CC(O)C[C@H]3C2)c1. The average Bonchev–Trinajstić information content (AvgIpc) is 3.01. The molecule has 1 amide bonds. The summed E-state index contributed by atoms with van der Waals surface area (Å²) in [6, 6.07) is 6.22. The Morgan fingerprint density at radius 3 is 2.48 bits per heavy atom. The van der Waals surface area contributed by atoms with Gasteiger partial charge in [0.2, 0.25) is 0 Å². The number of benzene rings is 1. The van der Waals surface area contributed by atoms with Crippen LogP contribution >= 0.6 is 0 Å². The van der Waals surface area contributed by atoms with E-state index in [4.69, 9.17) is 10.5 Å². The molecule has 2 aliphatic rings. The van der Waals surface area contributed by atoms with Gasteiger partial charge in [-0.15, -0.1) is 0 Å². The van der Waals surface area contributed by atoms with Crippen molar-refractivity contribution in [1.29, 1.82) is 0 Å². The standard InChI is InChI=1S/C20H30N2O3/c1-20(2,3)16-4-5-18(25-12-19(21)24)15(6-16)11-22-9-13-7-17(23)8-14(13)10-22/h4-6,13-14,17,23H,7-12H2,1-3H3,(H2,21,24)/t13-,14+,17?. The molecule has 1 aliphatic carbocycles. The molecular formula is C20H30N2O3. The number of hydrogen-bond acceptors (Lipinski definition) is 4. The number of aliphatic hydroxyl groups excluding tert-OH is 1. The molecule has 1 unspecified atom stereocenters. The number of carbonyl (C=O) groups excluding carboxylic acids is 1. The highest BCUT2D eigenvalue weighted by molar-refractivity contribution is 5.75. The van der Waals surface area contributed by atoms with E-state index in [9.17, 15) is 9.90 Å². The lowest BCUT2D eigenvalue weighted by Gasteiger charge is -2.24. The molecule has 1 aliphatic heterocycles. The number of ether oxygens (including phenoxy) is 1. The third-order valence-corrected chi connectivity index (χ3v) is 5.49. The molecule has 2 fully saturated rings. The van der Waals surface area contributed by atoms with Crippen LogP contribution in [0.3, 0.4) is 0 Å². The number of nitrogens with zero attached hydrogens (tertiary/aromatic N) is 1. The zero-order valence-corrected chi connectivity index (χ0v) is 15.5. The molecule has 1 saturated heterocycles. The third-order valence-electron chi connectivity index (χ3n) is 5.49. The summed E-state index contributed by atoms with van der Waals surface area (Å²) in [4.78, 5) is 13.5. The first-order valence-electron chi connectivity index (χ1n) is 9.17. The van der Waals surface area contributed by atoms with Crippen LogP contribution in [-0.4, -0.2) is 41.7 Å². The Kier molecular flexibility index (Phi) is 5.07. The molecule has 0 aromatic heterocycles. The van der Waals surface area contributed by atoms with E-state index in [1.165, 1.54) is 5.56 Å². The molecule has 3 atom stereocenters. The molecule has 1 saturated carbocycles. The third kappa shape index (κ3) is 4.33. The van der Waals surface area contributed by atoms with Crippen LogP contribution in [0.4, 0.5) is 0 Å². The van der Waals surface area contributed by atoms with Crippen LogP contribution in [0, 0.1) is 11.8 Å². The van der Waals surface area contributed by atoms with E-state index < -0.39 is 5.91 Å². The topological polar surface area (TPSA) is 75.8 Å². The summed E-state index contributed by atoms with van der Waals surface area (Å²) in [7, 11) is 0. The van der Waals surface area contributed by atoms with Crippen LogP contribution in [-0.2, 0) is 16.8 Å². The van der Waals surface area contributed by atoms with Crippen LogP contribution in [0.1, 0.15) is 44.7 Å². The Morgan fingerprint density at radius 1 is 1.28 bits per heavy atom. The second-order valence-electron chi connectivity index (χ2n) is 8.67. The number of rotatable bonds is 5. The van der Waals surface area contributed by atoms with Gasteiger partial charge in [-0.25, -0.2) is 0 Å². The summed E-state index contributed by atoms with van der Waals surface area (Å²) in [6.45, 7) is 9.33. The van der Waals surface area contributed by atoms with Crippen molar-refractivity contribution in [2.24, 2.45) is 17.6 Å². The number of fused-ring (bicyclic) bond motifs is 1. The smallest absolute Gasteiger partial charge is 0.255 e. The molecular weight excluding hydrogens is 316 g/mol. The molecule has 1 heterocycles. The zero-order valence-electron chi connectivity index (χ0n) is 15.5.